The first-order valence-electron chi connectivity index (χ1n) is 9.68. The van der Waals surface area contributed by atoms with E-state index in [2.05, 4.69) is 40.7 Å². The van der Waals surface area contributed by atoms with Crippen molar-refractivity contribution in [3.63, 3.8) is 0 Å². The number of likely N-dealkylation sites (tertiary alicyclic amines) is 2. The van der Waals surface area contributed by atoms with E-state index < -0.39 is 0 Å². The van der Waals surface area contributed by atoms with Gasteiger partial charge in [0.05, 0.1) is 18.1 Å². The Kier molecular flexibility index (Phi) is 4.85. The number of carbonyl (C=O) groups is 1. The quantitative estimate of drug-likeness (QED) is 0.829. The van der Waals surface area contributed by atoms with Crippen LogP contribution in [0.5, 0.6) is 0 Å². The predicted molar refractivity (Wildman–Crippen MR) is 101 cm³/mol. The summed E-state index contributed by atoms with van der Waals surface area (Å²) in [6.45, 7) is 5.99. The molecule has 2 aromatic rings. The predicted octanol–water partition coefficient (Wildman–Crippen LogP) is 3.21. The number of aryl methyl sites for hydroxylation is 1. The van der Waals surface area contributed by atoms with Crippen molar-refractivity contribution in [2.75, 3.05) is 33.3 Å². The van der Waals surface area contributed by atoms with E-state index in [0.29, 0.717) is 12.1 Å². The van der Waals surface area contributed by atoms with Crippen LogP contribution in [0.1, 0.15) is 37.5 Å². The van der Waals surface area contributed by atoms with Crippen molar-refractivity contribution in [1.82, 2.24) is 19.4 Å². The Morgan fingerprint density at radius 2 is 1.69 bits per heavy atom. The van der Waals surface area contributed by atoms with E-state index in [1.807, 2.05) is 4.90 Å². The molecule has 0 saturated carbocycles. The summed E-state index contributed by atoms with van der Waals surface area (Å²) in [6.07, 6.45) is 4.24. The van der Waals surface area contributed by atoms with E-state index >= 15 is 0 Å². The molecule has 2 fully saturated rings. The third-order valence-corrected chi connectivity index (χ3v) is 6.05. The molecule has 2 saturated heterocycles. The smallest absolute Gasteiger partial charge is 0.409 e. The van der Waals surface area contributed by atoms with E-state index in [0.717, 1.165) is 50.4 Å². The van der Waals surface area contributed by atoms with Crippen LogP contribution in [0.3, 0.4) is 0 Å². The number of hydrogen-bond donors (Lipinski definition) is 0. The van der Waals surface area contributed by atoms with E-state index in [1.165, 1.54) is 25.5 Å². The molecule has 0 bridgehead atoms. The number of fused-ring (bicyclic) bond motifs is 1. The first-order chi connectivity index (χ1) is 12.7. The molecule has 0 atom stereocenters. The highest BCUT2D eigenvalue weighted by molar-refractivity contribution is 5.76. The maximum Gasteiger partial charge on any atom is 0.409 e. The number of imidazole rings is 1. The second kappa shape index (κ2) is 7.27. The Labute approximate surface area is 154 Å². The number of ether oxygens (including phenoxy) is 1. The standard InChI is InChI=1S/C20H28N4O2/c1-15-21-18-5-3-4-6-19(18)24(15)17-9-11-22(12-10-17)16-7-13-23(14-8-16)20(25)26-2/h3-6,16-17H,7-14H2,1-2H3. The molecule has 1 amide bonds. The number of amides is 1. The molecule has 0 spiro atoms. The van der Waals surface area contributed by atoms with Gasteiger partial charge in [0, 0.05) is 38.3 Å². The first-order valence-corrected chi connectivity index (χ1v) is 9.68. The van der Waals surface area contributed by atoms with E-state index in [1.54, 1.807) is 0 Å². The highest BCUT2D eigenvalue weighted by Gasteiger charge is 2.31. The molecule has 2 aliphatic heterocycles. The molecule has 0 unspecified atom stereocenters. The van der Waals surface area contributed by atoms with Gasteiger partial charge in [-0.25, -0.2) is 9.78 Å². The summed E-state index contributed by atoms with van der Waals surface area (Å²) in [7, 11) is 1.46. The Bertz CT molecular complexity index is 771. The Morgan fingerprint density at radius 1 is 1.04 bits per heavy atom. The van der Waals surface area contributed by atoms with Crippen molar-refractivity contribution in [3.05, 3.63) is 30.1 Å². The minimum atomic E-state index is -0.190. The van der Waals surface area contributed by atoms with Crippen molar-refractivity contribution >= 4 is 17.1 Å². The number of rotatable bonds is 2. The van der Waals surface area contributed by atoms with Gasteiger partial charge >= 0.3 is 6.09 Å². The normalized spacial score (nSPS) is 20.6. The van der Waals surface area contributed by atoms with Gasteiger partial charge in [-0.05, 0) is 44.7 Å². The van der Waals surface area contributed by atoms with Crippen molar-refractivity contribution in [2.24, 2.45) is 0 Å². The summed E-state index contributed by atoms with van der Waals surface area (Å²) in [5.74, 6) is 1.12. The van der Waals surface area contributed by atoms with Crippen molar-refractivity contribution in [1.29, 1.82) is 0 Å². The van der Waals surface area contributed by atoms with Gasteiger partial charge in [0.25, 0.3) is 0 Å². The van der Waals surface area contributed by atoms with Crippen LogP contribution in [0.15, 0.2) is 24.3 Å². The van der Waals surface area contributed by atoms with Crippen molar-refractivity contribution in [3.8, 4) is 0 Å². The summed E-state index contributed by atoms with van der Waals surface area (Å²) < 4.78 is 7.27. The number of nitrogens with zero attached hydrogens (tertiary/aromatic N) is 4. The molecule has 6 heteroatoms. The second-order valence-electron chi connectivity index (χ2n) is 7.47. The molecule has 0 radical (unpaired) electrons. The van der Waals surface area contributed by atoms with Crippen LogP contribution < -0.4 is 0 Å². The molecule has 140 valence electrons. The monoisotopic (exact) mass is 356 g/mol. The Balaban J connectivity index is 1.37. The lowest BCUT2D eigenvalue weighted by Gasteiger charge is -2.41. The molecule has 3 heterocycles. The number of benzene rings is 1. The Hall–Kier alpha value is -2.08. The SMILES string of the molecule is COC(=O)N1CCC(N2CCC(n3c(C)nc4ccccc43)CC2)CC1. The molecule has 1 aromatic heterocycles. The maximum absolute atomic E-state index is 11.6. The third-order valence-electron chi connectivity index (χ3n) is 6.05. The van der Waals surface area contributed by atoms with Crippen LogP contribution >= 0.6 is 0 Å². The van der Waals surface area contributed by atoms with Gasteiger partial charge in [-0.3, -0.25) is 0 Å². The van der Waals surface area contributed by atoms with Crippen molar-refractivity contribution < 1.29 is 9.53 Å². The molecule has 0 N–H and O–H groups in total. The van der Waals surface area contributed by atoms with E-state index in [-0.39, 0.29) is 6.09 Å². The number of carbonyl (C=O) groups excluding carboxylic acids is 1. The first kappa shape index (κ1) is 17.3. The number of hydrogen-bond acceptors (Lipinski definition) is 4. The molecule has 6 nitrogen and oxygen atoms in total. The minimum Gasteiger partial charge on any atom is -0.453 e. The van der Waals surface area contributed by atoms with Crippen LogP contribution in [-0.4, -0.2) is 64.8 Å². The highest BCUT2D eigenvalue weighted by atomic mass is 16.5. The van der Waals surface area contributed by atoms with Gasteiger partial charge in [0.2, 0.25) is 0 Å². The van der Waals surface area contributed by atoms with Gasteiger partial charge in [-0.1, -0.05) is 12.1 Å². The molecular weight excluding hydrogens is 328 g/mol. The zero-order valence-electron chi connectivity index (χ0n) is 15.7. The number of para-hydroxylation sites is 2. The van der Waals surface area contributed by atoms with Crippen LogP contribution in [0.4, 0.5) is 4.79 Å². The topological polar surface area (TPSA) is 50.6 Å². The maximum atomic E-state index is 11.6. The fourth-order valence-corrected chi connectivity index (χ4v) is 4.68. The summed E-state index contributed by atoms with van der Waals surface area (Å²) >= 11 is 0. The highest BCUT2D eigenvalue weighted by Crippen LogP contribution is 2.30. The minimum absolute atomic E-state index is 0.190. The molecule has 1 aromatic carbocycles. The van der Waals surface area contributed by atoms with Crippen LogP contribution in [0, 0.1) is 6.92 Å². The summed E-state index contributed by atoms with van der Waals surface area (Å²) in [4.78, 5) is 20.8. The van der Waals surface area contributed by atoms with Gasteiger partial charge in [-0.2, -0.15) is 0 Å². The summed E-state index contributed by atoms with van der Waals surface area (Å²) in [5.41, 5.74) is 2.36. The van der Waals surface area contributed by atoms with Gasteiger partial charge in [0.1, 0.15) is 5.82 Å². The van der Waals surface area contributed by atoms with Crippen molar-refractivity contribution in [2.45, 2.75) is 44.7 Å². The zero-order chi connectivity index (χ0) is 18.1. The molecular formula is C20H28N4O2. The average molecular weight is 356 g/mol. The number of methoxy groups -OCH3 is 1. The van der Waals surface area contributed by atoms with Crippen LogP contribution in [0.25, 0.3) is 11.0 Å². The molecule has 4 rings (SSSR count). The van der Waals surface area contributed by atoms with Crippen LogP contribution in [0.2, 0.25) is 0 Å². The zero-order valence-corrected chi connectivity index (χ0v) is 15.7. The van der Waals surface area contributed by atoms with E-state index in [9.17, 15) is 4.79 Å². The van der Waals surface area contributed by atoms with Crippen LogP contribution in [-0.2, 0) is 4.74 Å². The fraction of sp³-hybridized carbons (Fsp3) is 0.600. The molecule has 0 aliphatic carbocycles. The number of aromatic nitrogens is 2. The largest absolute Gasteiger partial charge is 0.453 e. The lowest BCUT2D eigenvalue weighted by Crippen LogP contribution is -2.49. The fourth-order valence-electron chi connectivity index (χ4n) is 4.68. The van der Waals surface area contributed by atoms with Gasteiger partial charge in [-0.15, -0.1) is 0 Å². The summed E-state index contributed by atoms with van der Waals surface area (Å²) in [5, 5.41) is 0. The lowest BCUT2D eigenvalue weighted by molar-refractivity contribution is 0.0687. The van der Waals surface area contributed by atoms with E-state index in [4.69, 9.17) is 9.72 Å². The number of piperidine rings is 2. The van der Waals surface area contributed by atoms with Gasteiger partial charge in [0.15, 0.2) is 0 Å². The second-order valence-corrected chi connectivity index (χ2v) is 7.47. The average Bonchev–Trinajstić information content (AvgIpc) is 3.03. The lowest BCUT2D eigenvalue weighted by atomic mass is 9.97. The Morgan fingerprint density at radius 3 is 2.38 bits per heavy atom. The molecule has 2 aliphatic rings. The summed E-state index contributed by atoms with van der Waals surface area (Å²) in [6, 6.07) is 9.58. The third kappa shape index (κ3) is 3.18. The van der Waals surface area contributed by atoms with Gasteiger partial charge < -0.3 is 19.1 Å². The molecule has 26 heavy (non-hydrogen) atoms.